The summed E-state index contributed by atoms with van der Waals surface area (Å²) in [6.07, 6.45) is 1.91. The fourth-order valence-electron chi connectivity index (χ4n) is 2.49. The van der Waals surface area contributed by atoms with E-state index in [1.165, 1.54) is 0 Å². The zero-order chi connectivity index (χ0) is 20.4. The van der Waals surface area contributed by atoms with Crippen LogP contribution in [0.5, 0.6) is 5.75 Å². The normalized spacial score (nSPS) is 10.1. The molecule has 6 nitrogen and oxygen atoms in total. The van der Waals surface area contributed by atoms with Gasteiger partial charge in [0.15, 0.2) is 5.11 Å². The maximum absolute atomic E-state index is 12.4. The van der Waals surface area contributed by atoms with E-state index >= 15 is 0 Å². The van der Waals surface area contributed by atoms with E-state index in [1.54, 1.807) is 48.5 Å². The summed E-state index contributed by atoms with van der Waals surface area (Å²) in [5, 5.41) is 8.54. The van der Waals surface area contributed by atoms with Crippen LogP contribution in [-0.2, 0) is 0 Å². The number of hydrogen-bond donors (Lipinski definition) is 3. The second-order valence-corrected chi connectivity index (χ2v) is 6.43. The SMILES string of the molecule is CCCCNC(=O)c1ccccc1NC(=S)NC(=O)c1cccc(OCC)c1. The van der Waals surface area contributed by atoms with Crippen LogP contribution in [0, 0.1) is 0 Å². The molecule has 0 spiro atoms. The standard InChI is InChI=1S/C21H25N3O3S/c1-3-5-13-22-20(26)17-11-6-7-12-18(17)23-21(28)24-19(25)15-9-8-10-16(14-15)27-4-2/h6-12,14H,3-5,13H2,1-2H3,(H,22,26)(H2,23,24,25,28). The van der Waals surface area contributed by atoms with Gasteiger partial charge >= 0.3 is 0 Å². The van der Waals surface area contributed by atoms with Crippen molar-refractivity contribution < 1.29 is 14.3 Å². The summed E-state index contributed by atoms with van der Waals surface area (Å²) in [6, 6.07) is 13.9. The molecule has 7 heteroatoms. The number of benzene rings is 2. The molecule has 2 aromatic carbocycles. The van der Waals surface area contributed by atoms with Crippen molar-refractivity contribution in [2.45, 2.75) is 26.7 Å². The van der Waals surface area contributed by atoms with Gasteiger partial charge in [-0.05, 0) is 55.9 Å². The lowest BCUT2D eigenvalue weighted by atomic mass is 10.1. The Morgan fingerprint density at radius 2 is 1.82 bits per heavy atom. The number of nitrogens with one attached hydrogen (secondary N) is 3. The number of amides is 2. The highest BCUT2D eigenvalue weighted by Gasteiger charge is 2.13. The predicted octanol–water partition coefficient (Wildman–Crippen LogP) is 3.74. The average molecular weight is 400 g/mol. The smallest absolute Gasteiger partial charge is 0.257 e. The summed E-state index contributed by atoms with van der Waals surface area (Å²) in [7, 11) is 0. The molecule has 0 heterocycles. The van der Waals surface area contributed by atoms with Crippen LogP contribution >= 0.6 is 12.2 Å². The van der Waals surface area contributed by atoms with Gasteiger partial charge in [0, 0.05) is 12.1 Å². The number of thiocarbonyl (C=S) groups is 1. The van der Waals surface area contributed by atoms with Gasteiger partial charge in [-0.3, -0.25) is 14.9 Å². The lowest BCUT2D eigenvalue weighted by molar-refractivity contribution is 0.0952. The molecule has 0 atom stereocenters. The maximum atomic E-state index is 12.4. The minimum absolute atomic E-state index is 0.112. The number of rotatable bonds is 8. The number of unbranched alkanes of at least 4 members (excludes halogenated alkanes) is 1. The van der Waals surface area contributed by atoms with Crippen LogP contribution in [-0.4, -0.2) is 30.1 Å². The number of hydrogen-bond acceptors (Lipinski definition) is 4. The topological polar surface area (TPSA) is 79.5 Å². The Morgan fingerprint density at radius 1 is 1.04 bits per heavy atom. The van der Waals surface area contributed by atoms with Crippen LogP contribution < -0.4 is 20.7 Å². The minimum atomic E-state index is -0.357. The Morgan fingerprint density at radius 3 is 2.57 bits per heavy atom. The average Bonchev–Trinajstić information content (AvgIpc) is 2.69. The Kier molecular flexibility index (Phi) is 8.42. The molecule has 2 rings (SSSR count). The van der Waals surface area contributed by atoms with Crippen molar-refractivity contribution in [2.24, 2.45) is 0 Å². The summed E-state index contributed by atoms with van der Waals surface area (Å²) in [6.45, 7) is 5.07. The van der Waals surface area contributed by atoms with Gasteiger partial charge in [0.2, 0.25) is 0 Å². The van der Waals surface area contributed by atoms with Crippen molar-refractivity contribution in [1.29, 1.82) is 0 Å². The first kappa shape index (κ1) is 21.4. The fraction of sp³-hybridized carbons (Fsp3) is 0.286. The molecular formula is C21H25N3O3S. The van der Waals surface area contributed by atoms with Gasteiger partial charge in [-0.25, -0.2) is 0 Å². The second-order valence-electron chi connectivity index (χ2n) is 6.02. The summed E-state index contributed by atoms with van der Waals surface area (Å²) >= 11 is 5.24. The van der Waals surface area contributed by atoms with Crippen molar-refractivity contribution in [1.82, 2.24) is 10.6 Å². The van der Waals surface area contributed by atoms with Crippen LogP contribution in [0.1, 0.15) is 47.4 Å². The lowest BCUT2D eigenvalue weighted by Gasteiger charge is -2.14. The highest BCUT2D eigenvalue weighted by atomic mass is 32.1. The first-order chi connectivity index (χ1) is 13.5. The first-order valence-electron chi connectivity index (χ1n) is 9.27. The van der Waals surface area contributed by atoms with Crippen LogP contribution in [0.2, 0.25) is 0 Å². The number of carbonyl (C=O) groups is 2. The van der Waals surface area contributed by atoms with Gasteiger partial charge in [-0.1, -0.05) is 31.5 Å². The van der Waals surface area contributed by atoms with Crippen molar-refractivity contribution in [3.05, 3.63) is 59.7 Å². The Hall–Kier alpha value is -2.93. The van der Waals surface area contributed by atoms with Crippen molar-refractivity contribution in [2.75, 3.05) is 18.5 Å². The Labute approximate surface area is 170 Å². The number of ether oxygens (including phenoxy) is 1. The molecule has 0 saturated heterocycles. The monoisotopic (exact) mass is 399 g/mol. The maximum Gasteiger partial charge on any atom is 0.257 e. The quantitative estimate of drug-likeness (QED) is 0.465. The van der Waals surface area contributed by atoms with Gasteiger partial charge in [0.1, 0.15) is 5.75 Å². The molecular weight excluding hydrogens is 374 g/mol. The Balaban J connectivity index is 2.02. The Bertz CT molecular complexity index is 839. The summed E-state index contributed by atoms with van der Waals surface area (Å²) in [5.74, 6) is 0.0714. The summed E-state index contributed by atoms with van der Waals surface area (Å²) < 4.78 is 5.41. The van der Waals surface area contributed by atoms with Crippen molar-refractivity contribution in [3.63, 3.8) is 0 Å². The summed E-state index contributed by atoms with van der Waals surface area (Å²) in [4.78, 5) is 24.8. The third-order valence-corrected chi connectivity index (χ3v) is 4.07. The van der Waals surface area contributed by atoms with E-state index < -0.39 is 0 Å². The van der Waals surface area contributed by atoms with Crippen LogP contribution in [0.25, 0.3) is 0 Å². The van der Waals surface area contributed by atoms with E-state index in [1.807, 2.05) is 6.92 Å². The van der Waals surface area contributed by atoms with E-state index in [2.05, 4.69) is 22.9 Å². The van der Waals surface area contributed by atoms with Crippen LogP contribution in [0.4, 0.5) is 5.69 Å². The zero-order valence-corrected chi connectivity index (χ0v) is 16.9. The van der Waals surface area contributed by atoms with Gasteiger partial charge in [-0.2, -0.15) is 0 Å². The molecule has 0 fully saturated rings. The zero-order valence-electron chi connectivity index (χ0n) is 16.1. The molecule has 0 aliphatic heterocycles. The number of carbonyl (C=O) groups excluding carboxylic acids is 2. The molecule has 0 radical (unpaired) electrons. The molecule has 0 aliphatic carbocycles. The highest BCUT2D eigenvalue weighted by molar-refractivity contribution is 7.80. The molecule has 0 aliphatic rings. The first-order valence-corrected chi connectivity index (χ1v) is 9.68. The lowest BCUT2D eigenvalue weighted by Crippen LogP contribution is -2.35. The number of para-hydroxylation sites is 1. The molecule has 0 bridgehead atoms. The van der Waals surface area contributed by atoms with Crippen molar-refractivity contribution in [3.8, 4) is 5.75 Å². The second kappa shape index (κ2) is 11.0. The molecule has 0 unspecified atom stereocenters. The van der Waals surface area contributed by atoms with E-state index in [4.69, 9.17) is 17.0 Å². The predicted molar refractivity (Wildman–Crippen MR) is 115 cm³/mol. The van der Waals surface area contributed by atoms with Gasteiger partial charge in [0.05, 0.1) is 17.9 Å². The van der Waals surface area contributed by atoms with E-state index in [-0.39, 0.29) is 16.9 Å². The van der Waals surface area contributed by atoms with E-state index in [9.17, 15) is 9.59 Å². The summed E-state index contributed by atoms with van der Waals surface area (Å²) in [5.41, 5.74) is 1.43. The third-order valence-electron chi connectivity index (χ3n) is 3.87. The van der Waals surface area contributed by atoms with Crippen LogP contribution in [0.3, 0.4) is 0 Å². The van der Waals surface area contributed by atoms with Gasteiger partial charge in [0.25, 0.3) is 11.8 Å². The number of anilines is 1. The largest absolute Gasteiger partial charge is 0.494 e. The van der Waals surface area contributed by atoms with Crippen LogP contribution in [0.15, 0.2) is 48.5 Å². The molecule has 2 amide bonds. The van der Waals surface area contributed by atoms with E-state index in [0.29, 0.717) is 35.7 Å². The molecule has 0 saturated carbocycles. The van der Waals surface area contributed by atoms with E-state index in [0.717, 1.165) is 12.8 Å². The molecule has 28 heavy (non-hydrogen) atoms. The third kappa shape index (κ3) is 6.35. The molecule has 3 N–H and O–H groups in total. The molecule has 148 valence electrons. The molecule has 2 aromatic rings. The highest BCUT2D eigenvalue weighted by Crippen LogP contribution is 2.16. The molecule has 0 aromatic heterocycles. The van der Waals surface area contributed by atoms with Crippen molar-refractivity contribution >= 4 is 34.8 Å². The van der Waals surface area contributed by atoms with Gasteiger partial charge in [-0.15, -0.1) is 0 Å². The minimum Gasteiger partial charge on any atom is -0.494 e. The van der Waals surface area contributed by atoms with Gasteiger partial charge < -0.3 is 15.4 Å². The fourth-order valence-corrected chi connectivity index (χ4v) is 2.69.